The molecule has 0 saturated heterocycles. The normalized spacial score (nSPS) is 15.0. The first-order valence-electron chi connectivity index (χ1n) is 7.09. The third-order valence-corrected chi connectivity index (χ3v) is 7.96. The SMILES string of the molecule is CCC(C)[Si](CC(C)C)(OC(C)C)OC(C)C. The largest absolute Gasteiger partial charge is 0.392 e. The van der Waals surface area contributed by atoms with Crippen LogP contribution in [0.5, 0.6) is 0 Å². The average Bonchev–Trinajstić information content (AvgIpc) is 2.12. The fraction of sp³-hybridized carbons (Fsp3) is 1.00. The van der Waals surface area contributed by atoms with Crippen LogP contribution in [0.25, 0.3) is 0 Å². The maximum Gasteiger partial charge on any atom is 0.341 e. The monoisotopic (exact) mass is 260 g/mol. The first kappa shape index (κ1) is 17.1. The molecule has 17 heavy (non-hydrogen) atoms. The Labute approximate surface area is 109 Å². The molecule has 2 nitrogen and oxygen atoms in total. The van der Waals surface area contributed by atoms with Crippen LogP contribution >= 0.6 is 0 Å². The third-order valence-electron chi connectivity index (χ3n) is 2.93. The zero-order chi connectivity index (χ0) is 13.6. The standard InChI is InChI=1S/C14H32O2Si/c1-9-14(8)17(10-11(2)3,15-12(4)5)16-13(6)7/h11-14H,9-10H2,1-8H3. The molecule has 0 aromatic heterocycles. The highest BCUT2D eigenvalue weighted by atomic mass is 28.4. The average molecular weight is 260 g/mol. The Morgan fingerprint density at radius 2 is 1.24 bits per heavy atom. The summed E-state index contributed by atoms with van der Waals surface area (Å²) in [5, 5.41) is 0. The maximum absolute atomic E-state index is 6.33. The molecule has 0 heterocycles. The van der Waals surface area contributed by atoms with E-state index in [1.54, 1.807) is 0 Å². The molecule has 0 aliphatic heterocycles. The number of rotatable bonds is 8. The topological polar surface area (TPSA) is 18.5 Å². The molecule has 0 saturated carbocycles. The second-order valence-electron chi connectivity index (χ2n) is 6.05. The Bertz CT molecular complexity index is 176. The van der Waals surface area contributed by atoms with E-state index in [9.17, 15) is 0 Å². The lowest BCUT2D eigenvalue weighted by Crippen LogP contribution is -2.50. The first-order valence-corrected chi connectivity index (χ1v) is 9.19. The van der Waals surface area contributed by atoms with E-state index in [1.807, 2.05) is 0 Å². The summed E-state index contributed by atoms with van der Waals surface area (Å²) in [5.74, 6) is 0.633. The lowest BCUT2D eigenvalue weighted by molar-refractivity contribution is 0.0943. The predicted octanol–water partition coefficient (Wildman–Crippen LogP) is 4.73. The van der Waals surface area contributed by atoms with Gasteiger partial charge in [-0.1, -0.05) is 34.1 Å². The van der Waals surface area contributed by atoms with Crippen molar-refractivity contribution >= 4 is 8.56 Å². The minimum Gasteiger partial charge on any atom is -0.392 e. The van der Waals surface area contributed by atoms with Crippen LogP contribution in [0.4, 0.5) is 0 Å². The molecule has 0 amide bonds. The minimum absolute atomic E-state index is 0.258. The Balaban J connectivity index is 5.04. The molecule has 3 heteroatoms. The molecule has 0 aromatic rings. The van der Waals surface area contributed by atoms with Gasteiger partial charge in [0, 0.05) is 12.2 Å². The fourth-order valence-electron chi connectivity index (χ4n) is 2.24. The van der Waals surface area contributed by atoms with E-state index in [0.717, 1.165) is 12.5 Å². The van der Waals surface area contributed by atoms with E-state index in [-0.39, 0.29) is 12.2 Å². The molecule has 1 atom stereocenters. The van der Waals surface area contributed by atoms with Crippen molar-refractivity contribution in [3.8, 4) is 0 Å². The van der Waals surface area contributed by atoms with Gasteiger partial charge in [-0.15, -0.1) is 0 Å². The van der Waals surface area contributed by atoms with Crippen LogP contribution in [0.15, 0.2) is 0 Å². The van der Waals surface area contributed by atoms with Gasteiger partial charge in [0.1, 0.15) is 0 Å². The summed E-state index contributed by atoms with van der Waals surface area (Å²) in [6.07, 6.45) is 1.65. The van der Waals surface area contributed by atoms with Gasteiger partial charge in [-0.05, 0) is 45.2 Å². The molecule has 0 N–H and O–H groups in total. The fourth-order valence-corrected chi connectivity index (χ4v) is 6.71. The van der Waals surface area contributed by atoms with Gasteiger partial charge in [0.05, 0.1) is 0 Å². The van der Waals surface area contributed by atoms with Crippen LogP contribution in [0.3, 0.4) is 0 Å². The Morgan fingerprint density at radius 3 is 1.47 bits per heavy atom. The summed E-state index contributed by atoms with van der Waals surface area (Å²) in [7, 11) is -2.09. The summed E-state index contributed by atoms with van der Waals surface area (Å²) < 4.78 is 12.7. The molecule has 0 bridgehead atoms. The zero-order valence-electron chi connectivity index (χ0n) is 13.0. The van der Waals surface area contributed by atoms with Gasteiger partial charge in [-0.3, -0.25) is 0 Å². The van der Waals surface area contributed by atoms with Crippen molar-refractivity contribution in [1.82, 2.24) is 0 Å². The first-order chi connectivity index (χ1) is 7.73. The van der Waals surface area contributed by atoms with Gasteiger partial charge in [-0.25, -0.2) is 0 Å². The molecule has 1 unspecified atom stereocenters. The Hall–Kier alpha value is 0.137. The predicted molar refractivity (Wildman–Crippen MR) is 77.6 cm³/mol. The molecular formula is C14H32O2Si. The summed E-state index contributed by atoms with van der Waals surface area (Å²) in [5.41, 5.74) is 0.551. The summed E-state index contributed by atoms with van der Waals surface area (Å²) in [6, 6.07) is 1.10. The van der Waals surface area contributed by atoms with Crippen molar-refractivity contribution in [3.05, 3.63) is 0 Å². The molecule has 0 spiro atoms. The van der Waals surface area contributed by atoms with Crippen molar-refractivity contribution < 1.29 is 8.85 Å². The van der Waals surface area contributed by atoms with Gasteiger partial charge >= 0.3 is 8.56 Å². The maximum atomic E-state index is 6.33. The van der Waals surface area contributed by atoms with E-state index in [4.69, 9.17) is 8.85 Å². The summed E-state index contributed by atoms with van der Waals surface area (Å²) >= 11 is 0. The molecule has 0 radical (unpaired) electrons. The number of hydrogen-bond donors (Lipinski definition) is 0. The van der Waals surface area contributed by atoms with Crippen LogP contribution in [-0.2, 0) is 8.85 Å². The van der Waals surface area contributed by atoms with Crippen molar-refractivity contribution in [2.75, 3.05) is 0 Å². The summed E-state index contributed by atoms with van der Waals surface area (Å²) in [4.78, 5) is 0. The minimum atomic E-state index is -2.09. The molecule has 0 aromatic carbocycles. The highest BCUT2D eigenvalue weighted by molar-refractivity contribution is 6.69. The molecule has 0 aliphatic rings. The van der Waals surface area contributed by atoms with Crippen LogP contribution in [0.1, 0.15) is 61.8 Å². The highest BCUT2D eigenvalue weighted by Gasteiger charge is 2.44. The van der Waals surface area contributed by atoms with Gasteiger partial charge < -0.3 is 8.85 Å². The van der Waals surface area contributed by atoms with Crippen molar-refractivity contribution in [2.45, 2.75) is 85.6 Å². The van der Waals surface area contributed by atoms with Gasteiger partial charge in [0.2, 0.25) is 0 Å². The molecular weight excluding hydrogens is 228 g/mol. The molecule has 0 rings (SSSR count). The molecule has 104 valence electrons. The second-order valence-corrected chi connectivity index (χ2v) is 9.54. The van der Waals surface area contributed by atoms with Crippen molar-refractivity contribution in [2.24, 2.45) is 5.92 Å². The van der Waals surface area contributed by atoms with E-state index in [2.05, 4.69) is 55.4 Å². The van der Waals surface area contributed by atoms with Gasteiger partial charge in [0.25, 0.3) is 0 Å². The number of hydrogen-bond acceptors (Lipinski definition) is 2. The quantitative estimate of drug-likeness (QED) is 0.587. The van der Waals surface area contributed by atoms with E-state index >= 15 is 0 Å². The summed E-state index contributed by atoms with van der Waals surface area (Å²) in [6.45, 7) is 17.5. The Morgan fingerprint density at radius 1 is 0.824 bits per heavy atom. The van der Waals surface area contributed by atoms with Gasteiger partial charge in [-0.2, -0.15) is 0 Å². The van der Waals surface area contributed by atoms with Gasteiger partial charge in [0.15, 0.2) is 0 Å². The highest BCUT2D eigenvalue weighted by Crippen LogP contribution is 2.35. The van der Waals surface area contributed by atoms with E-state index < -0.39 is 8.56 Å². The van der Waals surface area contributed by atoms with Crippen LogP contribution in [0.2, 0.25) is 11.6 Å². The Kier molecular flexibility index (Phi) is 7.61. The third kappa shape index (κ3) is 6.02. The van der Waals surface area contributed by atoms with E-state index in [0.29, 0.717) is 11.5 Å². The van der Waals surface area contributed by atoms with Crippen molar-refractivity contribution in [3.63, 3.8) is 0 Å². The van der Waals surface area contributed by atoms with Crippen LogP contribution in [0, 0.1) is 5.92 Å². The lowest BCUT2D eigenvalue weighted by atomic mass is 10.3. The van der Waals surface area contributed by atoms with Crippen LogP contribution < -0.4 is 0 Å². The lowest BCUT2D eigenvalue weighted by Gasteiger charge is -2.39. The molecule has 0 aliphatic carbocycles. The zero-order valence-corrected chi connectivity index (χ0v) is 14.0. The second kappa shape index (κ2) is 7.55. The van der Waals surface area contributed by atoms with E-state index in [1.165, 1.54) is 0 Å². The molecule has 0 fully saturated rings. The smallest absolute Gasteiger partial charge is 0.341 e. The van der Waals surface area contributed by atoms with Crippen molar-refractivity contribution in [1.29, 1.82) is 0 Å². The van der Waals surface area contributed by atoms with Crippen LogP contribution in [-0.4, -0.2) is 20.8 Å².